The van der Waals surface area contributed by atoms with Crippen LogP contribution in [0.4, 0.5) is 0 Å². The Bertz CT molecular complexity index is 446. The third-order valence-corrected chi connectivity index (χ3v) is 2.22. The van der Waals surface area contributed by atoms with E-state index in [1.807, 2.05) is 36.0 Å². The molecule has 0 aromatic carbocycles. The molecule has 3 heteroatoms. The molecule has 2 aromatic heterocycles. The first-order chi connectivity index (χ1) is 6.83. The highest BCUT2D eigenvalue weighted by Gasteiger charge is 2.06. The SMILES string of the molecule is Cn1ccc(-c2ccncc2)c1C=O. The molecule has 2 heterocycles. The van der Waals surface area contributed by atoms with E-state index in [4.69, 9.17) is 0 Å². The van der Waals surface area contributed by atoms with Gasteiger partial charge in [0.2, 0.25) is 0 Å². The van der Waals surface area contributed by atoms with Gasteiger partial charge in [0, 0.05) is 31.2 Å². The van der Waals surface area contributed by atoms with Crippen molar-refractivity contribution >= 4 is 6.29 Å². The Morgan fingerprint density at radius 3 is 2.64 bits per heavy atom. The van der Waals surface area contributed by atoms with Gasteiger partial charge in [-0.05, 0) is 23.8 Å². The van der Waals surface area contributed by atoms with Crippen molar-refractivity contribution in [1.82, 2.24) is 9.55 Å². The monoisotopic (exact) mass is 186 g/mol. The van der Waals surface area contributed by atoms with E-state index >= 15 is 0 Å². The van der Waals surface area contributed by atoms with Crippen LogP contribution in [-0.4, -0.2) is 15.8 Å². The van der Waals surface area contributed by atoms with E-state index in [-0.39, 0.29) is 0 Å². The lowest BCUT2D eigenvalue weighted by Gasteiger charge is -2.00. The van der Waals surface area contributed by atoms with E-state index in [9.17, 15) is 4.79 Å². The smallest absolute Gasteiger partial charge is 0.167 e. The van der Waals surface area contributed by atoms with Gasteiger partial charge in [-0.1, -0.05) is 0 Å². The van der Waals surface area contributed by atoms with Gasteiger partial charge in [-0.2, -0.15) is 0 Å². The van der Waals surface area contributed by atoms with Crippen molar-refractivity contribution in [2.24, 2.45) is 7.05 Å². The van der Waals surface area contributed by atoms with E-state index in [1.165, 1.54) is 0 Å². The number of pyridine rings is 1. The zero-order chi connectivity index (χ0) is 9.97. The van der Waals surface area contributed by atoms with Gasteiger partial charge in [0.05, 0.1) is 5.69 Å². The second-order valence-corrected chi connectivity index (χ2v) is 3.08. The van der Waals surface area contributed by atoms with Gasteiger partial charge in [-0.15, -0.1) is 0 Å². The highest BCUT2D eigenvalue weighted by atomic mass is 16.1. The van der Waals surface area contributed by atoms with Crippen molar-refractivity contribution in [1.29, 1.82) is 0 Å². The fraction of sp³-hybridized carbons (Fsp3) is 0.0909. The highest BCUT2D eigenvalue weighted by molar-refractivity contribution is 5.85. The topological polar surface area (TPSA) is 34.9 Å². The zero-order valence-corrected chi connectivity index (χ0v) is 7.84. The predicted molar refractivity (Wildman–Crippen MR) is 54.0 cm³/mol. The summed E-state index contributed by atoms with van der Waals surface area (Å²) in [5.74, 6) is 0. The fourth-order valence-electron chi connectivity index (χ4n) is 1.46. The fourth-order valence-corrected chi connectivity index (χ4v) is 1.46. The van der Waals surface area contributed by atoms with Crippen LogP contribution >= 0.6 is 0 Å². The molecule has 0 fully saturated rings. The summed E-state index contributed by atoms with van der Waals surface area (Å²) in [4.78, 5) is 14.8. The Morgan fingerprint density at radius 2 is 2.00 bits per heavy atom. The molecule has 0 aliphatic carbocycles. The van der Waals surface area contributed by atoms with Crippen LogP contribution in [0.15, 0.2) is 36.8 Å². The molecule has 0 N–H and O–H groups in total. The second-order valence-electron chi connectivity index (χ2n) is 3.08. The summed E-state index contributed by atoms with van der Waals surface area (Å²) >= 11 is 0. The summed E-state index contributed by atoms with van der Waals surface area (Å²) in [6.07, 6.45) is 6.18. The van der Waals surface area contributed by atoms with E-state index in [0.29, 0.717) is 5.69 Å². The van der Waals surface area contributed by atoms with Crippen molar-refractivity contribution in [3.63, 3.8) is 0 Å². The van der Waals surface area contributed by atoms with Crippen molar-refractivity contribution in [3.8, 4) is 11.1 Å². The molecular formula is C11H10N2O. The van der Waals surface area contributed by atoms with Crippen LogP contribution in [0.2, 0.25) is 0 Å². The van der Waals surface area contributed by atoms with Gasteiger partial charge in [0.15, 0.2) is 6.29 Å². The summed E-state index contributed by atoms with van der Waals surface area (Å²) in [5, 5.41) is 0. The Labute approximate surface area is 82.0 Å². The number of aldehydes is 1. The van der Waals surface area contributed by atoms with E-state index in [2.05, 4.69) is 4.98 Å². The average molecular weight is 186 g/mol. The van der Waals surface area contributed by atoms with E-state index in [1.54, 1.807) is 12.4 Å². The number of nitrogens with zero attached hydrogens (tertiary/aromatic N) is 2. The van der Waals surface area contributed by atoms with Crippen molar-refractivity contribution in [2.75, 3.05) is 0 Å². The minimum atomic E-state index is 0.691. The van der Waals surface area contributed by atoms with Gasteiger partial charge in [-0.3, -0.25) is 9.78 Å². The molecule has 2 rings (SSSR count). The maximum atomic E-state index is 10.8. The summed E-state index contributed by atoms with van der Waals surface area (Å²) < 4.78 is 1.81. The van der Waals surface area contributed by atoms with Crippen molar-refractivity contribution in [3.05, 3.63) is 42.5 Å². The van der Waals surface area contributed by atoms with Crippen LogP contribution in [0.5, 0.6) is 0 Å². The van der Waals surface area contributed by atoms with Crippen molar-refractivity contribution in [2.45, 2.75) is 0 Å². The first-order valence-electron chi connectivity index (χ1n) is 4.34. The second kappa shape index (κ2) is 3.46. The van der Waals surface area contributed by atoms with E-state index < -0.39 is 0 Å². The van der Waals surface area contributed by atoms with Gasteiger partial charge < -0.3 is 4.57 Å². The maximum Gasteiger partial charge on any atom is 0.167 e. The molecule has 0 saturated carbocycles. The molecule has 2 aromatic rings. The molecule has 0 radical (unpaired) electrons. The number of carbonyl (C=O) groups is 1. The third kappa shape index (κ3) is 1.33. The lowest BCUT2D eigenvalue weighted by atomic mass is 10.1. The lowest BCUT2D eigenvalue weighted by Crippen LogP contribution is -1.94. The first-order valence-corrected chi connectivity index (χ1v) is 4.34. The molecule has 0 atom stereocenters. The predicted octanol–water partition coefficient (Wildman–Crippen LogP) is 1.90. The molecule has 0 spiro atoms. The standard InChI is InChI=1S/C11H10N2O/c1-13-7-4-10(11(13)8-14)9-2-5-12-6-3-9/h2-8H,1H3. The van der Waals surface area contributed by atoms with Crippen LogP contribution in [-0.2, 0) is 7.05 Å². The zero-order valence-electron chi connectivity index (χ0n) is 7.84. The Kier molecular flexibility index (Phi) is 2.14. The number of carbonyl (C=O) groups excluding carboxylic acids is 1. The molecule has 0 aliphatic rings. The first kappa shape index (κ1) is 8.69. The molecule has 70 valence electrons. The van der Waals surface area contributed by atoms with Gasteiger partial charge in [-0.25, -0.2) is 0 Å². The Hall–Kier alpha value is -1.90. The van der Waals surface area contributed by atoms with Gasteiger partial charge in [0.25, 0.3) is 0 Å². The van der Waals surface area contributed by atoms with Crippen LogP contribution in [0.1, 0.15) is 10.5 Å². The summed E-state index contributed by atoms with van der Waals surface area (Å²) in [5.41, 5.74) is 2.66. The number of aryl methyl sites for hydroxylation is 1. The maximum absolute atomic E-state index is 10.8. The molecule has 14 heavy (non-hydrogen) atoms. The molecule has 0 amide bonds. The average Bonchev–Trinajstić information content (AvgIpc) is 2.61. The number of hydrogen-bond acceptors (Lipinski definition) is 2. The largest absolute Gasteiger partial charge is 0.348 e. The third-order valence-electron chi connectivity index (χ3n) is 2.22. The Balaban J connectivity index is 2.57. The minimum Gasteiger partial charge on any atom is -0.348 e. The van der Waals surface area contributed by atoms with Crippen LogP contribution in [0.3, 0.4) is 0 Å². The quantitative estimate of drug-likeness (QED) is 0.671. The summed E-state index contributed by atoms with van der Waals surface area (Å²) in [6.45, 7) is 0. The van der Waals surface area contributed by atoms with Gasteiger partial charge in [0.1, 0.15) is 0 Å². The molecule has 0 aliphatic heterocycles. The number of hydrogen-bond donors (Lipinski definition) is 0. The lowest BCUT2D eigenvalue weighted by molar-refractivity contribution is 0.111. The number of aromatic nitrogens is 2. The summed E-state index contributed by atoms with van der Waals surface area (Å²) in [7, 11) is 1.86. The highest BCUT2D eigenvalue weighted by Crippen LogP contribution is 2.22. The van der Waals surface area contributed by atoms with Crippen LogP contribution in [0.25, 0.3) is 11.1 Å². The number of rotatable bonds is 2. The molecule has 0 saturated heterocycles. The molecule has 0 unspecified atom stereocenters. The van der Waals surface area contributed by atoms with Crippen LogP contribution < -0.4 is 0 Å². The Morgan fingerprint density at radius 1 is 1.29 bits per heavy atom. The van der Waals surface area contributed by atoms with Crippen molar-refractivity contribution < 1.29 is 4.79 Å². The minimum absolute atomic E-state index is 0.691. The summed E-state index contributed by atoms with van der Waals surface area (Å²) in [6, 6.07) is 5.71. The van der Waals surface area contributed by atoms with E-state index in [0.717, 1.165) is 17.4 Å². The molecule has 3 nitrogen and oxygen atoms in total. The molecule has 0 bridgehead atoms. The molecular weight excluding hydrogens is 176 g/mol. The normalized spacial score (nSPS) is 10.1. The van der Waals surface area contributed by atoms with Crippen LogP contribution in [0, 0.1) is 0 Å². The van der Waals surface area contributed by atoms with Gasteiger partial charge >= 0.3 is 0 Å².